The smallest absolute Gasteiger partial charge is 0.213 e. The minimum absolute atomic E-state index is 0.295. The highest BCUT2D eigenvalue weighted by Gasteiger charge is 2.58. The van der Waals surface area contributed by atoms with Gasteiger partial charge >= 0.3 is 0 Å². The number of anilines is 1. The first-order valence-electron chi connectivity index (χ1n) is 10.5. The largest absolute Gasteiger partial charge is 0.447 e. The summed E-state index contributed by atoms with van der Waals surface area (Å²) in [6.07, 6.45) is 4.27. The monoisotopic (exact) mass is 406 g/mol. The number of fused-ring (bicyclic) bond motifs is 6. The molecule has 1 spiro atoms. The number of hydrogen-bond donors (Lipinski definition) is 0. The Kier molecular flexibility index (Phi) is 3.30. The number of para-hydroxylation sites is 3. The molecular formula is C26H22N4O. The van der Waals surface area contributed by atoms with Crippen LogP contribution in [-0.2, 0) is 5.41 Å². The fourth-order valence-electron chi connectivity index (χ4n) is 5.39. The van der Waals surface area contributed by atoms with Crippen molar-refractivity contribution in [2.75, 3.05) is 11.9 Å². The highest BCUT2D eigenvalue weighted by Crippen LogP contribution is 2.54. The molecule has 2 aromatic carbocycles. The van der Waals surface area contributed by atoms with Crippen LogP contribution in [0.15, 0.2) is 54.6 Å². The maximum Gasteiger partial charge on any atom is 0.213 e. The number of imidazole rings is 1. The Morgan fingerprint density at radius 2 is 1.81 bits per heavy atom. The second kappa shape index (κ2) is 5.67. The lowest BCUT2D eigenvalue weighted by Crippen LogP contribution is -2.58. The quantitative estimate of drug-likeness (QED) is 0.403. The number of nitrogens with zero attached hydrogens (tertiary/aromatic N) is 4. The van der Waals surface area contributed by atoms with Crippen molar-refractivity contribution in [1.29, 1.82) is 5.26 Å². The predicted molar refractivity (Wildman–Crippen MR) is 122 cm³/mol. The average Bonchev–Trinajstić information content (AvgIpc) is 3.23. The van der Waals surface area contributed by atoms with E-state index in [9.17, 15) is 5.26 Å². The van der Waals surface area contributed by atoms with Gasteiger partial charge in [0.05, 0.1) is 22.0 Å². The second-order valence-corrected chi connectivity index (χ2v) is 8.92. The van der Waals surface area contributed by atoms with Crippen LogP contribution < -0.4 is 9.64 Å². The third-order valence-corrected chi connectivity index (χ3v) is 7.17. The summed E-state index contributed by atoms with van der Waals surface area (Å²) >= 11 is 0. The van der Waals surface area contributed by atoms with Crippen molar-refractivity contribution in [2.24, 2.45) is 0 Å². The van der Waals surface area contributed by atoms with Crippen molar-refractivity contribution in [3.8, 4) is 11.9 Å². The number of rotatable bonds is 0. The molecular weight excluding hydrogens is 384 g/mol. The van der Waals surface area contributed by atoms with Crippen LogP contribution in [0.5, 0.6) is 5.88 Å². The van der Waals surface area contributed by atoms with Crippen LogP contribution in [0.4, 0.5) is 5.69 Å². The Balaban J connectivity index is 1.70. The zero-order valence-electron chi connectivity index (χ0n) is 18.0. The van der Waals surface area contributed by atoms with Crippen LogP contribution in [0.2, 0.25) is 0 Å². The van der Waals surface area contributed by atoms with Gasteiger partial charge in [-0.15, -0.1) is 0 Å². The summed E-state index contributed by atoms with van der Waals surface area (Å²) in [5.41, 5.74) is 6.26. The van der Waals surface area contributed by atoms with Crippen LogP contribution in [0.1, 0.15) is 36.1 Å². The molecule has 0 saturated heterocycles. The molecule has 0 fully saturated rings. The van der Waals surface area contributed by atoms with E-state index in [0.29, 0.717) is 11.2 Å². The molecule has 31 heavy (non-hydrogen) atoms. The van der Waals surface area contributed by atoms with E-state index in [1.165, 1.54) is 5.56 Å². The Bertz CT molecular complexity index is 1490. The summed E-state index contributed by atoms with van der Waals surface area (Å²) in [5.74, 6) is 0.732. The minimum Gasteiger partial charge on any atom is -0.447 e. The fraction of sp³-hybridized carbons (Fsp3) is 0.231. The third kappa shape index (κ3) is 1.98. The standard InChI is InChI=1S/C26H22N4O/c1-16-17-13-14-26(25(2,3)19-9-5-7-11-21(19)29(26)4)31-24(17)30-22-12-8-6-10-20(22)28-23(30)18(16)15-27/h5-14H,1-4H3. The molecule has 0 aliphatic carbocycles. The molecule has 1 unspecified atom stereocenters. The summed E-state index contributed by atoms with van der Waals surface area (Å²) in [6.45, 7) is 6.43. The van der Waals surface area contributed by atoms with Gasteiger partial charge in [-0.25, -0.2) is 4.98 Å². The van der Waals surface area contributed by atoms with Gasteiger partial charge in [0.2, 0.25) is 11.6 Å². The van der Waals surface area contributed by atoms with Crippen LogP contribution >= 0.6 is 0 Å². The van der Waals surface area contributed by atoms with Crippen molar-refractivity contribution in [1.82, 2.24) is 9.38 Å². The lowest BCUT2D eigenvalue weighted by atomic mass is 9.76. The molecule has 0 N–H and O–H groups in total. The summed E-state index contributed by atoms with van der Waals surface area (Å²) in [7, 11) is 2.09. The van der Waals surface area contributed by atoms with Gasteiger partial charge in [0.1, 0.15) is 6.07 Å². The number of hydrogen-bond acceptors (Lipinski definition) is 4. The molecule has 0 bridgehead atoms. The molecule has 5 heteroatoms. The molecule has 6 rings (SSSR count). The zero-order chi connectivity index (χ0) is 21.5. The van der Waals surface area contributed by atoms with Crippen LogP contribution in [0.3, 0.4) is 0 Å². The van der Waals surface area contributed by atoms with Gasteiger partial charge in [0.25, 0.3) is 0 Å². The first-order valence-corrected chi connectivity index (χ1v) is 10.5. The average molecular weight is 406 g/mol. The molecule has 152 valence electrons. The Labute approximate surface area is 180 Å². The van der Waals surface area contributed by atoms with Gasteiger partial charge in [-0.05, 0) is 62.2 Å². The van der Waals surface area contributed by atoms with Crippen molar-refractivity contribution in [2.45, 2.75) is 31.9 Å². The molecule has 4 heterocycles. The van der Waals surface area contributed by atoms with Gasteiger partial charge in [-0.2, -0.15) is 5.26 Å². The lowest BCUT2D eigenvalue weighted by Gasteiger charge is -2.46. The van der Waals surface area contributed by atoms with Crippen molar-refractivity contribution >= 4 is 28.4 Å². The molecule has 2 aliphatic rings. The first-order chi connectivity index (χ1) is 14.9. The fourth-order valence-corrected chi connectivity index (χ4v) is 5.39. The van der Waals surface area contributed by atoms with E-state index in [4.69, 9.17) is 9.72 Å². The Hall–Kier alpha value is -3.78. The number of ether oxygens (including phenoxy) is 1. The third-order valence-electron chi connectivity index (χ3n) is 7.17. The van der Waals surface area contributed by atoms with Crippen molar-refractivity contribution in [3.05, 3.63) is 76.9 Å². The zero-order valence-corrected chi connectivity index (χ0v) is 18.0. The van der Waals surface area contributed by atoms with E-state index < -0.39 is 5.72 Å². The number of pyridine rings is 1. The van der Waals surface area contributed by atoms with E-state index in [-0.39, 0.29) is 5.41 Å². The van der Waals surface area contributed by atoms with Crippen LogP contribution in [0, 0.1) is 18.3 Å². The minimum atomic E-state index is -0.692. The number of aromatic nitrogens is 2. The predicted octanol–water partition coefficient (Wildman–Crippen LogP) is 5.20. The van der Waals surface area contributed by atoms with E-state index in [2.05, 4.69) is 68.3 Å². The van der Waals surface area contributed by atoms with Crippen molar-refractivity contribution < 1.29 is 4.74 Å². The van der Waals surface area contributed by atoms with Crippen LogP contribution in [-0.4, -0.2) is 22.2 Å². The molecule has 4 aromatic rings. The van der Waals surface area contributed by atoms with Gasteiger partial charge in [-0.1, -0.05) is 30.3 Å². The van der Waals surface area contributed by atoms with E-state index in [0.717, 1.165) is 33.7 Å². The van der Waals surface area contributed by atoms with Crippen molar-refractivity contribution in [3.63, 3.8) is 0 Å². The summed E-state index contributed by atoms with van der Waals surface area (Å²) in [5, 5.41) is 9.92. The molecule has 0 saturated carbocycles. The maximum atomic E-state index is 9.92. The summed E-state index contributed by atoms with van der Waals surface area (Å²) in [6, 6.07) is 18.8. The van der Waals surface area contributed by atoms with E-state index in [1.54, 1.807) is 0 Å². The highest BCUT2D eigenvalue weighted by molar-refractivity contribution is 5.86. The topological polar surface area (TPSA) is 53.6 Å². The SMILES string of the molecule is Cc1c2c(n3c(nc4ccccc43)c1C#N)OC1(C=C2)N(C)c2ccccc2C1(C)C. The van der Waals surface area contributed by atoms with Gasteiger partial charge in [0, 0.05) is 18.3 Å². The Morgan fingerprint density at radius 3 is 2.58 bits per heavy atom. The summed E-state index contributed by atoms with van der Waals surface area (Å²) < 4.78 is 9.01. The van der Waals surface area contributed by atoms with Gasteiger partial charge < -0.3 is 9.64 Å². The highest BCUT2D eigenvalue weighted by atomic mass is 16.5. The Morgan fingerprint density at radius 1 is 1.06 bits per heavy atom. The molecule has 2 aliphatic heterocycles. The van der Waals surface area contributed by atoms with Crippen LogP contribution in [0.25, 0.3) is 22.8 Å². The molecule has 1 atom stereocenters. The normalized spacial score (nSPS) is 20.7. The second-order valence-electron chi connectivity index (χ2n) is 8.92. The first kappa shape index (κ1) is 18.0. The van der Waals surface area contributed by atoms with E-state index >= 15 is 0 Å². The molecule has 0 amide bonds. The number of likely N-dealkylation sites (N-methyl/N-ethyl adjacent to an activating group) is 1. The molecule has 0 radical (unpaired) electrons. The maximum absolute atomic E-state index is 9.92. The number of benzene rings is 2. The van der Waals surface area contributed by atoms with Gasteiger partial charge in [-0.3, -0.25) is 4.40 Å². The van der Waals surface area contributed by atoms with Gasteiger partial charge in [0.15, 0.2) is 5.65 Å². The summed E-state index contributed by atoms with van der Waals surface area (Å²) in [4.78, 5) is 7.01. The number of nitriles is 1. The lowest BCUT2D eigenvalue weighted by molar-refractivity contribution is 0.0522. The molecule has 2 aromatic heterocycles. The van der Waals surface area contributed by atoms with E-state index in [1.807, 2.05) is 35.6 Å². The molecule has 5 nitrogen and oxygen atoms in total.